The Balaban J connectivity index is 2.11. The Labute approximate surface area is 99.3 Å². The van der Waals surface area contributed by atoms with Crippen molar-refractivity contribution in [2.75, 3.05) is 0 Å². The standard InChI is InChI=1S/C12H16FN3O/c1-7-5-10(7)15-6-8-3-2-4-9(11(8)13)12(14)16-17/h2-4,7,10,15,17H,5-6H2,1H3,(H2,14,16). The third kappa shape index (κ3) is 2.55. The Hall–Kier alpha value is -1.62. The summed E-state index contributed by atoms with van der Waals surface area (Å²) in [5, 5.41) is 14.6. The maximum absolute atomic E-state index is 14.0. The van der Waals surface area contributed by atoms with E-state index in [0.717, 1.165) is 6.42 Å². The first-order valence-corrected chi connectivity index (χ1v) is 5.62. The van der Waals surface area contributed by atoms with Crippen molar-refractivity contribution < 1.29 is 9.60 Å². The summed E-state index contributed by atoms with van der Waals surface area (Å²) in [7, 11) is 0. The normalized spacial score (nSPS) is 23.8. The zero-order valence-electron chi connectivity index (χ0n) is 9.65. The van der Waals surface area contributed by atoms with Gasteiger partial charge in [0.15, 0.2) is 5.84 Å². The molecule has 1 aromatic rings. The lowest BCUT2D eigenvalue weighted by molar-refractivity contribution is 0.318. The zero-order chi connectivity index (χ0) is 12.4. The van der Waals surface area contributed by atoms with E-state index < -0.39 is 5.82 Å². The molecule has 1 aliphatic carbocycles. The average molecular weight is 237 g/mol. The van der Waals surface area contributed by atoms with Crippen molar-refractivity contribution in [3.05, 3.63) is 35.1 Å². The molecule has 0 aliphatic heterocycles. The van der Waals surface area contributed by atoms with Gasteiger partial charge in [-0.3, -0.25) is 0 Å². The molecule has 4 N–H and O–H groups in total. The Morgan fingerprint density at radius 1 is 1.65 bits per heavy atom. The predicted octanol–water partition coefficient (Wildman–Crippen LogP) is 1.42. The summed E-state index contributed by atoms with van der Waals surface area (Å²) < 4.78 is 14.0. The Bertz CT molecular complexity index is 447. The molecule has 2 atom stereocenters. The lowest BCUT2D eigenvalue weighted by Crippen LogP contribution is -2.20. The number of oxime groups is 1. The summed E-state index contributed by atoms with van der Waals surface area (Å²) in [4.78, 5) is 0. The van der Waals surface area contributed by atoms with Gasteiger partial charge >= 0.3 is 0 Å². The molecule has 0 spiro atoms. The van der Waals surface area contributed by atoms with Crippen molar-refractivity contribution in [3.63, 3.8) is 0 Å². The lowest BCUT2D eigenvalue weighted by atomic mass is 10.1. The van der Waals surface area contributed by atoms with Crippen LogP contribution in [0.25, 0.3) is 0 Å². The van der Waals surface area contributed by atoms with Gasteiger partial charge in [0.2, 0.25) is 0 Å². The number of nitrogens with zero attached hydrogens (tertiary/aromatic N) is 1. The van der Waals surface area contributed by atoms with Gasteiger partial charge < -0.3 is 16.3 Å². The molecule has 0 aromatic heterocycles. The fraction of sp³-hybridized carbons (Fsp3) is 0.417. The van der Waals surface area contributed by atoms with E-state index in [9.17, 15) is 4.39 Å². The van der Waals surface area contributed by atoms with Gasteiger partial charge in [-0.25, -0.2) is 4.39 Å². The molecule has 1 saturated carbocycles. The van der Waals surface area contributed by atoms with Gasteiger partial charge in [-0.1, -0.05) is 24.2 Å². The zero-order valence-corrected chi connectivity index (χ0v) is 9.65. The minimum Gasteiger partial charge on any atom is -0.409 e. The number of hydrogen-bond donors (Lipinski definition) is 3. The highest BCUT2D eigenvalue weighted by molar-refractivity contribution is 5.97. The Morgan fingerprint density at radius 2 is 2.35 bits per heavy atom. The van der Waals surface area contributed by atoms with E-state index in [4.69, 9.17) is 10.9 Å². The fourth-order valence-electron chi connectivity index (χ4n) is 1.82. The van der Waals surface area contributed by atoms with E-state index in [1.165, 1.54) is 6.07 Å². The van der Waals surface area contributed by atoms with E-state index in [1.807, 2.05) is 0 Å². The first kappa shape index (κ1) is 11.9. The van der Waals surface area contributed by atoms with E-state index in [-0.39, 0.29) is 11.4 Å². The van der Waals surface area contributed by atoms with Crippen LogP contribution in [0.2, 0.25) is 0 Å². The maximum Gasteiger partial charge on any atom is 0.173 e. The topological polar surface area (TPSA) is 70.6 Å². The van der Waals surface area contributed by atoms with Crippen LogP contribution in [0, 0.1) is 11.7 Å². The highest BCUT2D eigenvalue weighted by atomic mass is 19.1. The average Bonchev–Trinajstić information content (AvgIpc) is 3.03. The molecule has 2 unspecified atom stereocenters. The van der Waals surface area contributed by atoms with E-state index in [1.54, 1.807) is 12.1 Å². The van der Waals surface area contributed by atoms with Gasteiger partial charge in [-0.15, -0.1) is 0 Å². The number of rotatable bonds is 4. The summed E-state index contributed by atoms with van der Waals surface area (Å²) in [6, 6.07) is 5.38. The van der Waals surface area contributed by atoms with Crippen LogP contribution in [-0.4, -0.2) is 17.1 Å². The molecule has 1 aromatic carbocycles. The van der Waals surface area contributed by atoms with Gasteiger partial charge in [0, 0.05) is 18.2 Å². The van der Waals surface area contributed by atoms with Crippen molar-refractivity contribution in [1.29, 1.82) is 0 Å². The summed E-state index contributed by atoms with van der Waals surface area (Å²) in [5.41, 5.74) is 6.06. The van der Waals surface area contributed by atoms with Crippen LogP contribution in [0.5, 0.6) is 0 Å². The maximum atomic E-state index is 14.0. The first-order chi connectivity index (χ1) is 8.13. The van der Waals surface area contributed by atoms with E-state index in [0.29, 0.717) is 24.1 Å². The third-order valence-electron chi connectivity index (χ3n) is 3.13. The van der Waals surface area contributed by atoms with Crippen molar-refractivity contribution in [2.24, 2.45) is 16.8 Å². The second-order valence-electron chi connectivity index (χ2n) is 4.46. The molecule has 1 fully saturated rings. The molecule has 0 saturated heterocycles. The van der Waals surface area contributed by atoms with E-state index in [2.05, 4.69) is 17.4 Å². The van der Waals surface area contributed by atoms with Gasteiger partial charge in [0.25, 0.3) is 0 Å². The highest BCUT2D eigenvalue weighted by Gasteiger charge is 2.31. The number of hydrogen-bond acceptors (Lipinski definition) is 3. The monoisotopic (exact) mass is 237 g/mol. The van der Waals surface area contributed by atoms with Crippen LogP contribution < -0.4 is 11.1 Å². The minimum absolute atomic E-state index is 0.135. The van der Waals surface area contributed by atoms with Crippen LogP contribution in [0.15, 0.2) is 23.4 Å². The highest BCUT2D eigenvalue weighted by Crippen LogP contribution is 2.29. The predicted molar refractivity (Wildman–Crippen MR) is 63.3 cm³/mol. The molecule has 0 radical (unpaired) electrons. The number of nitrogens with one attached hydrogen (secondary N) is 1. The van der Waals surface area contributed by atoms with Crippen molar-refractivity contribution >= 4 is 5.84 Å². The Morgan fingerprint density at radius 3 is 2.94 bits per heavy atom. The summed E-state index contributed by atoms with van der Waals surface area (Å²) >= 11 is 0. The molecule has 92 valence electrons. The summed E-state index contributed by atoms with van der Waals surface area (Å²) in [6.07, 6.45) is 1.14. The van der Waals surface area contributed by atoms with Gasteiger partial charge in [0.05, 0.1) is 5.56 Å². The first-order valence-electron chi connectivity index (χ1n) is 5.62. The van der Waals surface area contributed by atoms with Crippen LogP contribution in [0.1, 0.15) is 24.5 Å². The summed E-state index contributed by atoms with van der Waals surface area (Å²) in [5.74, 6) is 0.0399. The van der Waals surface area contributed by atoms with Crippen molar-refractivity contribution in [2.45, 2.75) is 25.9 Å². The van der Waals surface area contributed by atoms with Crippen molar-refractivity contribution in [1.82, 2.24) is 5.32 Å². The lowest BCUT2D eigenvalue weighted by Gasteiger charge is -2.08. The fourth-order valence-corrected chi connectivity index (χ4v) is 1.82. The smallest absolute Gasteiger partial charge is 0.173 e. The third-order valence-corrected chi connectivity index (χ3v) is 3.13. The van der Waals surface area contributed by atoms with Gasteiger partial charge in [-0.2, -0.15) is 0 Å². The number of halogens is 1. The number of benzene rings is 1. The van der Waals surface area contributed by atoms with Gasteiger partial charge in [-0.05, 0) is 18.4 Å². The SMILES string of the molecule is CC1CC1NCc1cccc(/C(N)=N/O)c1F. The molecule has 17 heavy (non-hydrogen) atoms. The van der Waals surface area contributed by atoms with Crippen LogP contribution >= 0.6 is 0 Å². The summed E-state index contributed by atoms with van der Waals surface area (Å²) in [6.45, 7) is 2.62. The molecule has 0 bridgehead atoms. The molecule has 0 amide bonds. The largest absolute Gasteiger partial charge is 0.409 e. The molecule has 2 rings (SSSR count). The molecular weight excluding hydrogens is 221 g/mol. The molecule has 5 heteroatoms. The molecule has 4 nitrogen and oxygen atoms in total. The second-order valence-corrected chi connectivity index (χ2v) is 4.46. The number of nitrogens with two attached hydrogens (primary N) is 1. The van der Waals surface area contributed by atoms with E-state index >= 15 is 0 Å². The molecular formula is C12H16FN3O. The second kappa shape index (κ2) is 4.71. The Kier molecular flexibility index (Phi) is 3.28. The molecule has 0 heterocycles. The van der Waals surface area contributed by atoms with Crippen LogP contribution in [0.4, 0.5) is 4.39 Å². The quantitative estimate of drug-likeness (QED) is 0.321. The minimum atomic E-state index is -0.427. The van der Waals surface area contributed by atoms with Crippen LogP contribution in [-0.2, 0) is 6.54 Å². The van der Waals surface area contributed by atoms with Crippen LogP contribution in [0.3, 0.4) is 0 Å². The van der Waals surface area contributed by atoms with Crippen molar-refractivity contribution in [3.8, 4) is 0 Å². The molecule has 1 aliphatic rings. The number of amidine groups is 1. The van der Waals surface area contributed by atoms with Gasteiger partial charge in [0.1, 0.15) is 5.82 Å².